The topological polar surface area (TPSA) is 287 Å². The fourth-order valence-electron chi connectivity index (χ4n) is 14.6. The van der Waals surface area contributed by atoms with Gasteiger partial charge in [0, 0.05) is 230 Å². The number of aromatic nitrogens is 14. The number of likely N-dealkylation sites (N-methyl/N-ethyl adjacent to an activating group) is 2. The van der Waals surface area contributed by atoms with Gasteiger partial charge in [0.05, 0.1) is 38.8 Å². The number of carbonyl (C=O) groups excluding carboxylic acids is 4. The number of pyridine rings is 3. The van der Waals surface area contributed by atoms with Crippen LogP contribution in [0.4, 0.5) is 0 Å². The average Bonchev–Trinajstić information content (AvgIpc) is 1.28. The summed E-state index contributed by atoms with van der Waals surface area (Å²) in [7, 11) is 6.30. The molecule has 28 nitrogen and oxygen atoms in total. The number of thiophene rings is 1. The Kier molecular flexibility index (Phi) is 31.1. The highest BCUT2D eigenvalue weighted by Crippen LogP contribution is 2.33. The maximum absolute atomic E-state index is 13.4. The van der Waals surface area contributed by atoms with E-state index in [1.165, 1.54) is 25.5 Å². The number of amides is 4. The van der Waals surface area contributed by atoms with Gasteiger partial charge in [0.2, 0.25) is 5.88 Å². The average molecular weight is 1650 g/mol. The van der Waals surface area contributed by atoms with E-state index in [2.05, 4.69) is 131 Å². The maximum Gasteiger partial charge on any atom is 0.257 e. The molecule has 5 fully saturated rings. The van der Waals surface area contributed by atoms with Crippen LogP contribution >= 0.6 is 11.3 Å². The van der Waals surface area contributed by atoms with E-state index in [-0.39, 0.29) is 29.7 Å². The summed E-state index contributed by atoms with van der Waals surface area (Å²) in [6.07, 6.45) is 24.6. The summed E-state index contributed by atoms with van der Waals surface area (Å²) in [5.74, 6) is 2.60. The van der Waals surface area contributed by atoms with E-state index in [9.17, 15) is 19.2 Å². The number of benzene rings is 3. The largest absolute Gasteiger partial charge is 0.473 e. The van der Waals surface area contributed by atoms with Crippen LogP contribution in [0.3, 0.4) is 0 Å². The summed E-state index contributed by atoms with van der Waals surface area (Å²) < 4.78 is 6.27. The molecule has 121 heavy (non-hydrogen) atoms. The van der Waals surface area contributed by atoms with Gasteiger partial charge < -0.3 is 39.0 Å². The molecule has 624 valence electrons. The lowest BCUT2D eigenvalue weighted by Crippen LogP contribution is -2.50. The Bertz CT molecular complexity index is 5140. The first-order valence-electron chi connectivity index (χ1n) is 41.4. The molecule has 0 aliphatic carbocycles. The summed E-state index contributed by atoms with van der Waals surface area (Å²) in [6, 6.07) is 44.6. The van der Waals surface area contributed by atoms with Crippen LogP contribution in [0.2, 0.25) is 0 Å². The molecule has 3 aromatic carbocycles. The van der Waals surface area contributed by atoms with Crippen molar-refractivity contribution in [3.63, 3.8) is 0 Å². The molecule has 0 radical (unpaired) electrons. The van der Waals surface area contributed by atoms with Gasteiger partial charge >= 0.3 is 0 Å². The molecule has 0 N–H and O–H groups in total. The van der Waals surface area contributed by atoms with Crippen molar-refractivity contribution < 1.29 is 23.9 Å². The summed E-state index contributed by atoms with van der Waals surface area (Å²) >= 11 is 1.60. The Balaban J connectivity index is 0.000000131. The molecule has 0 saturated carbocycles. The summed E-state index contributed by atoms with van der Waals surface area (Å²) in [5.41, 5.74) is 11.4. The number of piperidine rings is 1. The molecule has 5 saturated heterocycles. The standard InChI is InChI=1S/C24H27N5O.C18H19N5OS.C18H23N5O.2C16H18N4O/c1-2-3-13-28-14-16-29(17-15-28)24(30)21-18-26-23(20-7-5-4-6-8-20)27-22(21)19-9-11-25-12-10-19;1-23-10-6-14(7-11-23)24-18-16(13-4-8-19-9-5-13)21-22-17(20-18)15-3-2-12-25-15;1-13(2)22-8-10-23(11-9-22)18(24)16-12-20-14(3)21-17(16)15-4-6-19-7-5-15;2*1-19-8-10-20(11-9-19)16(21)14-5-3-2-4-13(14)15-6-7-17-12-18-15/h4-12,18H,2-3,13-17H2,1H3;2-5,8-9,12,14H,6-7,10-11H2,1H3;4-7,12-13H,8-11H2,1-3H3;2*2-7,12H,8-11H2,1H3. The fraction of sp³-hybridized carbons (Fsp3) is 0.348. The molecule has 4 amide bonds. The van der Waals surface area contributed by atoms with E-state index in [0.29, 0.717) is 68.7 Å². The molecule has 5 aliphatic rings. The zero-order chi connectivity index (χ0) is 84.2. The van der Waals surface area contributed by atoms with Crippen molar-refractivity contribution in [2.75, 3.05) is 145 Å². The van der Waals surface area contributed by atoms with Crippen LogP contribution in [-0.4, -0.2) is 295 Å². The third-order valence-corrected chi connectivity index (χ3v) is 22.7. The molecule has 9 aromatic heterocycles. The van der Waals surface area contributed by atoms with Crippen molar-refractivity contribution in [2.24, 2.45) is 0 Å². The highest BCUT2D eigenvalue weighted by Gasteiger charge is 2.31. The number of aryl methyl sites for hydroxylation is 1. The van der Waals surface area contributed by atoms with Crippen molar-refractivity contribution in [3.8, 4) is 84.3 Å². The van der Waals surface area contributed by atoms with Crippen molar-refractivity contribution in [1.29, 1.82) is 0 Å². The number of nitrogens with zero attached hydrogens (tertiary/aromatic N) is 23. The third-order valence-electron chi connectivity index (χ3n) is 21.8. The number of likely N-dealkylation sites (tertiary alicyclic amines) is 1. The molecule has 0 unspecified atom stereocenters. The van der Waals surface area contributed by atoms with Gasteiger partial charge in [0.15, 0.2) is 17.3 Å². The van der Waals surface area contributed by atoms with Gasteiger partial charge in [-0.15, -0.1) is 21.5 Å². The first-order chi connectivity index (χ1) is 59.1. The van der Waals surface area contributed by atoms with Crippen molar-refractivity contribution >= 4 is 35.0 Å². The van der Waals surface area contributed by atoms with E-state index in [4.69, 9.17) is 9.72 Å². The molecular formula is C92H105N23O5S. The van der Waals surface area contributed by atoms with Crippen LogP contribution in [0.15, 0.2) is 220 Å². The van der Waals surface area contributed by atoms with Gasteiger partial charge in [0.1, 0.15) is 24.6 Å². The van der Waals surface area contributed by atoms with E-state index in [1.807, 2.05) is 171 Å². The molecule has 0 spiro atoms. The van der Waals surface area contributed by atoms with Gasteiger partial charge in [-0.3, -0.25) is 43.9 Å². The van der Waals surface area contributed by atoms with Gasteiger partial charge in [-0.1, -0.05) is 86.1 Å². The van der Waals surface area contributed by atoms with E-state index in [0.717, 1.165) is 187 Å². The second-order valence-electron chi connectivity index (χ2n) is 30.5. The maximum atomic E-state index is 13.4. The molecular weight excluding hydrogens is 1540 g/mol. The predicted octanol–water partition coefficient (Wildman–Crippen LogP) is 12.0. The van der Waals surface area contributed by atoms with Crippen molar-refractivity contribution in [3.05, 3.63) is 248 Å². The van der Waals surface area contributed by atoms with E-state index in [1.54, 1.807) is 73.3 Å². The zero-order valence-electron chi connectivity index (χ0n) is 69.9. The smallest absolute Gasteiger partial charge is 0.257 e. The normalized spacial score (nSPS) is 15.6. The number of piperazine rings is 4. The molecule has 0 atom stereocenters. The Morgan fingerprint density at radius 2 is 0.868 bits per heavy atom. The Hall–Kier alpha value is -12.4. The molecule has 14 heterocycles. The SMILES string of the molecule is CCCCN1CCN(C(=O)c2cnc(-c3ccccc3)nc2-c2ccncc2)CC1.CN1CCC(Oc2nc(-c3cccs3)nnc2-c2ccncc2)CC1.CN1CCN(C(=O)c2ccccc2-c2ccncn2)CC1.CN1CCN(C(=O)c2ccccc2-c2ccncn2)CC1.Cc1ncc(C(=O)N2CCN(C(C)C)CC2)c(-c2ccncc2)n1. The van der Waals surface area contributed by atoms with Crippen LogP contribution in [0.25, 0.3) is 78.4 Å². The number of rotatable bonds is 17. The highest BCUT2D eigenvalue weighted by atomic mass is 32.1. The van der Waals surface area contributed by atoms with Crippen LogP contribution in [-0.2, 0) is 0 Å². The minimum atomic E-state index is -0.00318. The van der Waals surface area contributed by atoms with E-state index < -0.39 is 0 Å². The molecule has 0 bridgehead atoms. The number of unbranched alkanes of at least 4 members (excludes halogenated alkanes) is 1. The van der Waals surface area contributed by atoms with Crippen LogP contribution in [0, 0.1) is 6.92 Å². The Morgan fingerprint density at radius 3 is 1.35 bits per heavy atom. The van der Waals surface area contributed by atoms with Gasteiger partial charge in [-0.05, 0) is 140 Å². The Labute approximate surface area is 711 Å². The first-order valence-corrected chi connectivity index (χ1v) is 42.3. The fourth-order valence-corrected chi connectivity index (χ4v) is 15.2. The minimum absolute atomic E-state index is 0.00318. The lowest BCUT2D eigenvalue weighted by Gasteiger charge is -2.37. The van der Waals surface area contributed by atoms with Crippen LogP contribution in [0.1, 0.15) is 93.7 Å². The van der Waals surface area contributed by atoms with Crippen molar-refractivity contribution in [2.45, 2.75) is 65.5 Å². The first kappa shape index (κ1) is 86.5. The molecule has 17 rings (SSSR count). The van der Waals surface area contributed by atoms with Crippen LogP contribution < -0.4 is 4.74 Å². The van der Waals surface area contributed by atoms with Gasteiger partial charge in [-0.2, -0.15) is 4.98 Å². The predicted molar refractivity (Wildman–Crippen MR) is 470 cm³/mol. The monoisotopic (exact) mass is 1640 g/mol. The quantitative estimate of drug-likeness (QED) is 0.0818. The second-order valence-corrected chi connectivity index (χ2v) is 31.4. The number of hydrogen-bond donors (Lipinski definition) is 0. The second kappa shape index (κ2) is 43.5. The minimum Gasteiger partial charge on any atom is -0.473 e. The van der Waals surface area contributed by atoms with Gasteiger partial charge in [-0.25, -0.2) is 39.9 Å². The number of hydrogen-bond acceptors (Lipinski definition) is 25. The van der Waals surface area contributed by atoms with Crippen molar-refractivity contribution in [1.82, 2.24) is 114 Å². The Morgan fingerprint density at radius 1 is 0.421 bits per heavy atom. The lowest BCUT2D eigenvalue weighted by atomic mass is 10.0. The lowest BCUT2D eigenvalue weighted by molar-refractivity contribution is 0.0594. The number of carbonyl (C=O) groups is 4. The summed E-state index contributed by atoms with van der Waals surface area (Å²) in [4.78, 5) is 123. The highest BCUT2D eigenvalue weighted by molar-refractivity contribution is 7.13. The zero-order valence-corrected chi connectivity index (χ0v) is 70.8. The molecule has 12 aromatic rings. The molecule has 5 aliphatic heterocycles. The van der Waals surface area contributed by atoms with Gasteiger partial charge in [0.25, 0.3) is 23.6 Å². The third kappa shape index (κ3) is 23.6. The molecule has 29 heteroatoms. The summed E-state index contributed by atoms with van der Waals surface area (Å²) in [6.45, 7) is 24.9. The van der Waals surface area contributed by atoms with Crippen LogP contribution in [0.5, 0.6) is 5.88 Å². The number of ether oxygens (including phenoxy) is 1. The summed E-state index contributed by atoms with van der Waals surface area (Å²) in [5, 5.41) is 10.7. The van der Waals surface area contributed by atoms with E-state index >= 15 is 0 Å².